The molecule has 1 heterocycles. The number of aromatic carboxylic acids is 1. The number of aliphatic hydroxyl groups is 1. The molecule has 0 saturated heterocycles. The second-order valence-corrected chi connectivity index (χ2v) is 4.47. The standard InChI is InChI=1S/C12H14N2O4/c15-10(14-7-12(18)4-2-5-12)9-8(11(16)17)3-1-6-13-9/h1,3,6,18H,2,4-5,7H2,(H,14,15)(H,16,17). The van der Waals surface area contributed by atoms with Crippen LogP contribution < -0.4 is 5.32 Å². The molecule has 0 atom stereocenters. The number of carboxylic acid groups (broad SMARTS) is 1. The highest BCUT2D eigenvalue weighted by Crippen LogP contribution is 2.30. The van der Waals surface area contributed by atoms with Crippen molar-refractivity contribution in [1.29, 1.82) is 0 Å². The Kier molecular flexibility index (Phi) is 3.29. The van der Waals surface area contributed by atoms with Crippen molar-refractivity contribution in [2.75, 3.05) is 6.54 Å². The third kappa shape index (κ3) is 2.48. The van der Waals surface area contributed by atoms with Crippen molar-refractivity contribution >= 4 is 11.9 Å². The summed E-state index contributed by atoms with van der Waals surface area (Å²) in [7, 11) is 0. The van der Waals surface area contributed by atoms with Gasteiger partial charge in [0.05, 0.1) is 11.2 Å². The highest BCUT2D eigenvalue weighted by molar-refractivity contribution is 6.03. The number of carbonyl (C=O) groups is 2. The number of nitrogens with zero attached hydrogens (tertiary/aromatic N) is 1. The first-order valence-electron chi connectivity index (χ1n) is 5.71. The van der Waals surface area contributed by atoms with E-state index in [1.807, 2.05) is 0 Å². The Labute approximate surface area is 104 Å². The van der Waals surface area contributed by atoms with Gasteiger partial charge in [0.15, 0.2) is 0 Å². The van der Waals surface area contributed by atoms with Crippen molar-refractivity contribution in [1.82, 2.24) is 10.3 Å². The molecule has 1 aliphatic rings. The van der Waals surface area contributed by atoms with E-state index in [-0.39, 0.29) is 17.8 Å². The Balaban J connectivity index is 2.06. The minimum Gasteiger partial charge on any atom is -0.478 e. The van der Waals surface area contributed by atoms with E-state index in [2.05, 4.69) is 10.3 Å². The quantitative estimate of drug-likeness (QED) is 0.719. The van der Waals surface area contributed by atoms with Gasteiger partial charge in [-0.15, -0.1) is 0 Å². The van der Waals surface area contributed by atoms with Crippen molar-refractivity contribution in [2.45, 2.75) is 24.9 Å². The first kappa shape index (κ1) is 12.5. The number of pyridine rings is 1. The van der Waals surface area contributed by atoms with E-state index in [0.29, 0.717) is 12.8 Å². The van der Waals surface area contributed by atoms with E-state index in [9.17, 15) is 14.7 Å². The second-order valence-electron chi connectivity index (χ2n) is 4.47. The van der Waals surface area contributed by atoms with E-state index in [0.717, 1.165) is 6.42 Å². The molecule has 1 amide bonds. The molecular formula is C12H14N2O4. The molecule has 6 heteroatoms. The number of carboxylic acids is 1. The van der Waals surface area contributed by atoms with Gasteiger partial charge in [0.25, 0.3) is 5.91 Å². The summed E-state index contributed by atoms with van der Waals surface area (Å²) < 4.78 is 0. The van der Waals surface area contributed by atoms with Crippen molar-refractivity contribution < 1.29 is 19.8 Å². The SMILES string of the molecule is O=C(O)c1cccnc1C(=O)NCC1(O)CCC1. The molecule has 0 aliphatic heterocycles. The van der Waals surface area contributed by atoms with Gasteiger partial charge in [-0.1, -0.05) is 0 Å². The zero-order valence-corrected chi connectivity index (χ0v) is 9.72. The summed E-state index contributed by atoms with van der Waals surface area (Å²) in [5.74, 6) is -1.77. The van der Waals surface area contributed by atoms with Crippen LogP contribution in [-0.2, 0) is 0 Å². The van der Waals surface area contributed by atoms with Gasteiger partial charge >= 0.3 is 5.97 Å². The fourth-order valence-corrected chi connectivity index (χ4v) is 1.85. The number of amides is 1. The molecule has 0 bridgehead atoms. The molecule has 1 fully saturated rings. The Morgan fingerprint density at radius 1 is 1.44 bits per heavy atom. The maximum atomic E-state index is 11.8. The van der Waals surface area contributed by atoms with Crippen LogP contribution in [0.3, 0.4) is 0 Å². The molecule has 2 rings (SSSR count). The van der Waals surface area contributed by atoms with E-state index in [4.69, 9.17) is 5.11 Å². The van der Waals surface area contributed by atoms with Gasteiger partial charge in [-0.25, -0.2) is 4.79 Å². The van der Waals surface area contributed by atoms with E-state index >= 15 is 0 Å². The summed E-state index contributed by atoms with van der Waals surface area (Å²) in [5.41, 5.74) is -1.11. The Morgan fingerprint density at radius 2 is 2.17 bits per heavy atom. The van der Waals surface area contributed by atoms with Gasteiger partial charge in [0.1, 0.15) is 5.69 Å². The third-order valence-electron chi connectivity index (χ3n) is 3.12. The number of aromatic nitrogens is 1. The monoisotopic (exact) mass is 250 g/mol. The van der Waals surface area contributed by atoms with Crippen LogP contribution in [0, 0.1) is 0 Å². The number of nitrogens with one attached hydrogen (secondary N) is 1. The van der Waals surface area contributed by atoms with E-state index in [1.165, 1.54) is 18.3 Å². The van der Waals surface area contributed by atoms with Gasteiger partial charge in [0.2, 0.25) is 0 Å². The lowest BCUT2D eigenvalue weighted by Crippen LogP contribution is -2.48. The molecule has 1 aromatic rings. The van der Waals surface area contributed by atoms with Gasteiger partial charge in [-0.3, -0.25) is 9.78 Å². The molecule has 6 nitrogen and oxygen atoms in total. The van der Waals surface area contributed by atoms with Crippen molar-refractivity contribution in [2.24, 2.45) is 0 Å². The van der Waals surface area contributed by atoms with Crippen LogP contribution in [0.5, 0.6) is 0 Å². The first-order chi connectivity index (χ1) is 8.52. The molecule has 1 saturated carbocycles. The summed E-state index contributed by atoms with van der Waals surface area (Å²) in [6.07, 6.45) is 3.61. The zero-order chi connectivity index (χ0) is 13.2. The van der Waals surface area contributed by atoms with E-state index in [1.54, 1.807) is 0 Å². The van der Waals surface area contributed by atoms with Crippen LogP contribution in [0.2, 0.25) is 0 Å². The first-order valence-corrected chi connectivity index (χ1v) is 5.71. The molecule has 1 aromatic heterocycles. The number of hydrogen-bond acceptors (Lipinski definition) is 4. The van der Waals surface area contributed by atoms with Gasteiger partial charge < -0.3 is 15.5 Å². The fourth-order valence-electron chi connectivity index (χ4n) is 1.85. The fraction of sp³-hybridized carbons (Fsp3) is 0.417. The average Bonchev–Trinajstić information content (AvgIpc) is 2.33. The number of carbonyl (C=O) groups excluding carboxylic acids is 1. The molecule has 3 N–H and O–H groups in total. The molecule has 1 aliphatic carbocycles. The summed E-state index contributed by atoms with van der Waals surface area (Å²) in [4.78, 5) is 26.5. The van der Waals surface area contributed by atoms with Crippen LogP contribution in [0.4, 0.5) is 0 Å². The summed E-state index contributed by atoms with van der Waals surface area (Å²) in [5, 5.41) is 21.3. The molecule has 96 valence electrons. The van der Waals surface area contributed by atoms with E-state index < -0.39 is 17.5 Å². The normalized spacial score (nSPS) is 16.7. The summed E-state index contributed by atoms with van der Waals surface area (Å²) >= 11 is 0. The topological polar surface area (TPSA) is 99.5 Å². The predicted octanol–water partition coefficient (Wildman–Crippen LogP) is 0.425. The van der Waals surface area contributed by atoms with Gasteiger partial charge in [0, 0.05) is 12.7 Å². The van der Waals surface area contributed by atoms with Gasteiger partial charge in [-0.2, -0.15) is 0 Å². The molecule has 0 aromatic carbocycles. The highest BCUT2D eigenvalue weighted by Gasteiger charge is 2.34. The summed E-state index contributed by atoms with van der Waals surface area (Å²) in [6.45, 7) is 0.126. The van der Waals surface area contributed by atoms with Crippen LogP contribution in [-0.4, -0.2) is 39.2 Å². The minimum absolute atomic E-state index is 0.126. The van der Waals surface area contributed by atoms with Crippen molar-refractivity contribution in [3.05, 3.63) is 29.6 Å². The maximum Gasteiger partial charge on any atom is 0.338 e. The Hall–Kier alpha value is -1.95. The molecule has 18 heavy (non-hydrogen) atoms. The lowest BCUT2D eigenvalue weighted by Gasteiger charge is -2.36. The lowest BCUT2D eigenvalue weighted by atomic mass is 9.80. The van der Waals surface area contributed by atoms with Crippen LogP contribution >= 0.6 is 0 Å². The smallest absolute Gasteiger partial charge is 0.338 e. The largest absolute Gasteiger partial charge is 0.478 e. The molecule has 0 spiro atoms. The maximum absolute atomic E-state index is 11.8. The second kappa shape index (κ2) is 4.73. The van der Waals surface area contributed by atoms with Crippen molar-refractivity contribution in [3.8, 4) is 0 Å². The predicted molar refractivity (Wildman–Crippen MR) is 62.3 cm³/mol. The lowest BCUT2D eigenvalue weighted by molar-refractivity contribution is -0.0300. The van der Waals surface area contributed by atoms with Crippen LogP contribution in [0.1, 0.15) is 40.1 Å². The molecule has 0 unspecified atom stereocenters. The van der Waals surface area contributed by atoms with Crippen LogP contribution in [0.15, 0.2) is 18.3 Å². The Bertz CT molecular complexity index is 483. The number of hydrogen-bond donors (Lipinski definition) is 3. The molecular weight excluding hydrogens is 236 g/mol. The minimum atomic E-state index is -1.20. The molecule has 0 radical (unpaired) electrons. The zero-order valence-electron chi connectivity index (χ0n) is 9.72. The number of rotatable bonds is 4. The van der Waals surface area contributed by atoms with Crippen LogP contribution in [0.25, 0.3) is 0 Å². The third-order valence-corrected chi connectivity index (χ3v) is 3.12. The summed E-state index contributed by atoms with van der Waals surface area (Å²) in [6, 6.07) is 2.78. The average molecular weight is 250 g/mol. The highest BCUT2D eigenvalue weighted by atomic mass is 16.4. The van der Waals surface area contributed by atoms with Crippen molar-refractivity contribution in [3.63, 3.8) is 0 Å². The van der Waals surface area contributed by atoms with Gasteiger partial charge in [-0.05, 0) is 31.4 Å². The Morgan fingerprint density at radius 3 is 2.72 bits per heavy atom.